The van der Waals surface area contributed by atoms with E-state index in [1.54, 1.807) is 25.1 Å². The second-order valence-electron chi connectivity index (χ2n) is 4.15. The molecule has 1 heterocycles. The molecule has 1 aromatic carbocycles. The minimum atomic E-state index is -0.954. The molecular weight excluding hydrogens is 249 g/mol. The van der Waals surface area contributed by atoms with E-state index in [0.717, 1.165) is 0 Å². The Morgan fingerprint density at radius 1 is 1.37 bits per heavy atom. The van der Waals surface area contributed by atoms with Crippen molar-refractivity contribution in [2.45, 2.75) is 13.0 Å². The molecule has 0 saturated carbocycles. The molecule has 2 N–H and O–H groups in total. The summed E-state index contributed by atoms with van der Waals surface area (Å²) in [4.78, 5) is 11.7. The van der Waals surface area contributed by atoms with Gasteiger partial charge in [-0.2, -0.15) is 0 Å². The summed E-state index contributed by atoms with van der Waals surface area (Å²) in [6.45, 7) is 1.72. The number of carbonyl (C=O) groups excluding carboxylic acids is 1. The van der Waals surface area contributed by atoms with Gasteiger partial charge >= 0.3 is 0 Å². The molecule has 1 aromatic heterocycles. The lowest BCUT2D eigenvalue weighted by Crippen LogP contribution is -2.28. The van der Waals surface area contributed by atoms with E-state index in [1.165, 1.54) is 18.2 Å². The standard InChI is InChI=1S/C14H14FNO3/c1-9-6-7-13(19-9)12(17)8-16-14(18)10-4-2-3-5-11(10)15/h2-7,12,17H,8H2,1H3,(H,16,18). The van der Waals surface area contributed by atoms with E-state index in [-0.39, 0.29) is 12.1 Å². The Kier molecular flexibility index (Phi) is 3.97. The molecule has 0 aliphatic heterocycles. The number of furan rings is 1. The summed E-state index contributed by atoms with van der Waals surface area (Å²) >= 11 is 0. The molecule has 0 spiro atoms. The van der Waals surface area contributed by atoms with E-state index in [9.17, 15) is 14.3 Å². The third-order valence-electron chi connectivity index (χ3n) is 2.66. The zero-order valence-electron chi connectivity index (χ0n) is 10.4. The van der Waals surface area contributed by atoms with Crippen molar-refractivity contribution in [3.63, 3.8) is 0 Å². The fourth-order valence-corrected chi connectivity index (χ4v) is 1.66. The van der Waals surface area contributed by atoms with E-state index in [0.29, 0.717) is 11.5 Å². The maximum absolute atomic E-state index is 13.3. The molecule has 1 unspecified atom stereocenters. The van der Waals surface area contributed by atoms with Gasteiger partial charge in [-0.3, -0.25) is 4.79 Å². The van der Waals surface area contributed by atoms with E-state index >= 15 is 0 Å². The van der Waals surface area contributed by atoms with Gasteiger partial charge in [0.05, 0.1) is 12.1 Å². The SMILES string of the molecule is Cc1ccc(C(O)CNC(=O)c2ccccc2F)o1. The summed E-state index contributed by atoms with van der Waals surface area (Å²) in [5.41, 5.74) is -0.0506. The van der Waals surface area contributed by atoms with Crippen LogP contribution in [0.15, 0.2) is 40.8 Å². The molecule has 2 aromatic rings. The minimum absolute atomic E-state index is 0.0415. The largest absolute Gasteiger partial charge is 0.464 e. The molecular formula is C14H14FNO3. The van der Waals surface area contributed by atoms with Gasteiger partial charge in [-0.05, 0) is 31.2 Å². The molecule has 0 radical (unpaired) electrons. The second-order valence-corrected chi connectivity index (χ2v) is 4.15. The molecule has 1 atom stereocenters. The van der Waals surface area contributed by atoms with Gasteiger partial charge in [0.25, 0.3) is 5.91 Å². The Labute approximate surface area is 109 Å². The van der Waals surface area contributed by atoms with Crippen molar-refractivity contribution in [2.24, 2.45) is 0 Å². The molecule has 1 amide bonds. The zero-order valence-corrected chi connectivity index (χ0v) is 10.4. The van der Waals surface area contributed by atoms with Crippen LogP contribution in [0.5, 0.6) is 0 Å². The van der Waals surface area contributed by atoms with Crippen LogP contribution in [0, 0.1) is 12.7 Å². The Bertz CT molecular complexity index is 580. The highest BCUT2D eigenvalue weighted by molar-refractivity contribution is 5.94. The number of nitrogens with one attached hydrogen (secondary N) is 1. The summed E-state index contributed by atoms with van der Waals surface area (Å²) in [6, 6.07) is 9.03. The first kappa shape index (κ1) is 13.3. The van der Waals surface area contributed by atoms with Crippen LogP contribution in [-0.4, -0.2) is 17.6 Å². The third-order valence-corrected chi connectivity index (χ3v) is 2.66. The molecule has 0 aliphatic rings. The number of halogens is 1. The lowest BCUT2D eigenvalue weighted by atomic mass is 10.2. The average molecular weight is 263 g/mol. The van der Waals surface area contributed by atoms with Crippen LogP contribution in [0.2, 0.25) is 0 Å². The summed E-state index contributed by atoms with van der Waals surface area (Å²) in [7, 11) is 0. The average Bonchev–Trinajstić information content (AvgIpc) is 2.83. The number of hydrogen-bond acceptors (Lipinski definition) is 3. The number of aliphatic hydroxyl groups is 1. The predicted octanol–water partition coefficient (Wildman–Crippen LogP) is 2.19. The lowest BCUT2D eigenvalue weighted by Gasteiger charge is -2.10. The van der Waals surface area contributed by atoms with Crippen LogP contribution in [0.25, 0.3) is 0 Å². The molecule has 0 aliphatic carbocycles. The van der Waals surface area contributed by atoms with Gasteiger partial charge in [0.15, 0.2) is 0 Å². The Hall–Kier alpha value is -2.14. The second kappa shape index (κ2) is 5.67. The van der Waals surface area contributed by atoms with Crippen LogP contribution in [0.4, 0.5) is 4.39 Å². The number of carbonyl (C=O) groups is 1. The van der Waals surface area contributed by atoms with Gasteiger partial charge in [-0.1, -0.05) is 12.1 Å². The van der Waals surface area contributed by atoms with Gasteiger partial charge in [-0.15, -0.1) is 0 Å². The number of aliphatic hydroxyl groups excluding tert-OH is 1. The molecule has 100 valence electrons. The van der Waals surface area contributed by atoms with E-state index in [4.69, 9.17) is 4.42 Å². The van der Waals surface area contributed by atoms with Gasteiger partial charge in [0, 0.05) is 0 Å². The Balaban J connectivity index is 1.96. The number of amides is 1. The van der Waals surface area contributed by atoms with Crippen molar-refractivity contribution in [2.75, 3.05) is 6.54 Å². The fourth-order valence-electron chi connectivity index (χ4n) is 1.66. The molecule has 0 bridgehead atoms. The normalized spacial score (nSPS) is 12.2. The Morgan fingerprint density at radius 3 is 2.74 bits per heavy atom. The van der Waals surface area contributed by atoms with E-state index in [2.05, 4.69) is 5.32 Å². The quantitative estimate of drug-likeness (QED) is 0.888. The van der Waals surface area contributed by atoms with Gasteiger partial charge in [0.1, 0.15) is 23.4 Å². The van der Waals surface area contributed by atoms with Crippen molar-refractivity contribution in [3.05, 3.63) is 59.3 Å². The summed E-state index contributed by atoms with van der Waals surface area (Å²) in [6.07, 6.45) is -0.954. The Morgan fingerprint density at radius 2 is 2.11 bits per heavy atom. The molecule has 2 rings (SSSR count). The molecule has 0 saturated heterocycles. The minimum Gasteiger partial charge on any atom is -0.464 e. The van der Waals surface area contributed by atoms with Crippen LogP contribution < -0.4 is 5.32 Å². The monoisotopic (exact) mass is 263 g/mol. The van der Waals surface area contributed by atoms with Crippen LogP contribution in [0.1, 0.15) is 28.0 Å². The van der Waals surface area contributed by atoms with Crippen LogP contribution in [-0.2, 0) is 0 Å². The first-order valence-corrected chi connectivity index (χ1v) is 5.85. The molecule has 19 heavy (non-hydrogen) atoms. The van der Waals surface area contributed by atoms with Crippen LogP contribution in [0.3, 0.4) is 0 Å². The topological polar surface area (TPSA) is 62.5 Å². The first-order chi connectivity index (χ1) is 9.08. The third kappa shape index (κ3) is 3.20. The highest BCUT2D eigenvalue weighted by Gasteiger charge is 2.15. The van der Waals surface area contributed by atoms with Crippen molar-refractivity contribution in [1.82, 2.24) is 5.32 Å². The molecule has 0 fully saturated rings. The number of hydrogen-bond donors (Lipinski definition) is 2. The first-order valence-electron chi connectivity index (χ1n) is 5.85. The van der Waals surface area contributed by atoms with Crippen molar-refractivity contribution in [1.29, 1.82) is 0 Å². The highest BCUT2D eigenvalue weighted by atomic mass is 19.1. The summed E-state index contributed by atoms with van der Waals surface area (Å²) in [5.74, 6) is -0.121. The highest BCUT2D eigenvalue weighted by Crippen LogP contribution is 2.15. The molecule has 5 heteroatoms. The zero-order chi connectivity index (χ0) is 13.8. The van der Waals surface area contributed by atoms with Gasteiger partial charge in [-0.25, -0.2) is 4.39 Å². The lowest BCUT2D eigenvalue weighted by molar-refractivity contribution is 0.0896. The van der Waals surface area contributed by atoms with Crippen LogP contribution >= 0.6 is 0 Å². The van der Waals surface area contributed by atoms with Gasteiger partial charge < -0.3 is 14.8 Å². The fraction of sp³-hybridized carbons (Fsp3) is 0.214. The van der Waals surface area contributed by atoms with Crippen molar-refractivity contribution in [3.8, 4) is 0 Å². The summed E-state index contributed by atoms with van der Waals surface area (Å²) in [5, 5.41) is 12.3. The maximum atomic E-state index is 13.3. The van der Waals surface area contributed by atoms with E-state index in [1.807, 2.05) is 0 Å². The van der Waals surface area contributed by atoms with E-state index < -0.39 is 17.8 Å². The number of aryl methyl sites for hydroxylation is 1. The van der Waals surface area contributed by atoms with Crippen molar-refractivity contribution < 1.29 is 18.7 Å². The predicted molar refractivity (Wildman–Crippen MR) is 67.1 cm³/mol. The number of rotatable bonds is 4. The smallest absolute Gasteiger partial charge is 0.254 e. The number of benzene rings is 1. The summed E-state index contributed by atoms with van der Waals surface area (Å²) < 4.78 is 18.6. The van der Waals surface area contributed by atoms with Crippen molar-refractivity contribution >= 4 is 5.91 Å². The maximum Gasteiger partial charge on any atom is 0.254 e. The molecule has 4 nitrogen and oxygen atoms in total. The van der Waals surface area contributed by atoms with Gasteiger partial charge in [0.2, 0.25) is 0 Å².